The maximum absolute atomic E-state index is 14.6. The van der Waals surface area contributed by atoms with Crippen LogP contribution >= 0.6 is 0 Å². The number of hydrogen-bond acceptors (Lipinski definition) is 7. The summed E-state index contributed by atoms with van der Waals surface area (Å²) in [6.07, 6.45) is 6.98. The van der Waals surface area contributed by atoms with Gasteiger partial charge in [-0.05, 0) is 62.5 Å². The maximum atomic E-state index is 14.6. The topological polar surface area (TPSA) is 99.1 Å². The molecule has 1 N–H and O–H groups in total. The van der Waals surface area contributed by atoms with Gasteiger partial charge in [-0.1, -0.05) is 58.5 Å². The first-order valence-electron chi connectivity index (χ1n) is 18.4. The summed E-state index contributed by atoms with van der Waals surface area (Å²) in [4.78, 5) is 39.9. The largest absolute Gasteiger partial charge is 0.457 e. The van der Waals surface area contributed by atoms with Crippen molar-refractivity contribution in [3.05, 3.63) is 23.8 Å². The second-order valence-corrected chi connectivity index (χ2v) is 12.9. The molecule has 6 aliphatic rings. The van der Waals surface area contributed by atoms with E-state index in [1.54, 1.807) is 6.08 Å². The van der Waals surface area contributed by atoms with Crippen molar-refractivity contribution in [2.75, 3.05) is 6.61 Å². The molecule has 214 valence electrons. The Balaban J connectivity index is 1.37. The maximum Gasteiger partial charge on any atom is 0.308 e. The van der Waals surface area contributed by atoms with E-state index in [1.807, 2.05) is 19.9 Å². The van der Waals surface area contributed by atoms with Crippen molar-refractivity contribution < 1.29 is 44.7 Å². The third kappa shape index (κ3) is 3.97. The number of Topliss-reactive ketones (excluding diaryl/α,β-unsaturated/α-hetero) is 1. The molecule has 9 atom stereocenters. The zero-order valence-electron chi connectivity index (χ0n) is 30.7. The molecule has 0 bridgehead atoms. The number of aliphatic hydroxyl groups is 1. The highest BCUT2D eigenvalue weighted by atomic mass is 16.7. The molecule has 1 saturated heterocycles. The molecule has 7 nitrogen and oxygen atoms in total. The second kappa shape index (κ2) is 9.63. The zero-order valence-corrected chi connectivity index (χ0v) is 22.7. The second-order valence-electron chi connectivity index (χ2n) is 12.9. The lowest BCUT2D eigenvalue weighted by molar-refractivity contribution is -0.210. The molecular weight excluding hydrogens is 496 g/mol. The fraction of sp³-hybridized carbons (Fsp3) is 0.781. The Morgan fingerprint density at radius 3 is 2.77 bits per heavy atom. The minimum absolute atomic E-state index is 0.0801. The first kappa shape index (κ1) is 19.3. The number of fused-ring (bicyclic) bond motifs is 7. The van der Waals surface area contributed by atoms with Crippen LogP contribution in [0.25, 0.3) is 0 Å². The first-order valence-corrected chi connectivity index (χ1v) is 14.4. The molecule has 1 aliphatic heterocycles. The van der Waals surface area contributed by atoms with Crippen LogP contribution in [-0.2, 0) is 28.6 Å². The van der Waals surface area contributed by atoms with Gasteiger partial charge in [0.05, 0.1) is 19.5 Å². The third-order valence-electron chi connectivity index (χ3n) is 11.1. The average molecular weight is 549 g/mol. The van der Waals surface area contributed by atoms with E-state index in [1.165, 1.54) is 6.08 Å². The van der Waals surface area contributed by atoms with E-state index in [0.29, 0.717) is 32.1 Å². The van der Waals surface area contributed by atoms with E-state index in [-0.39, 0.29) is 35.9 Å². The van der Waals surface area contributed by atoms with Gasteiger partial charge in [-0.25, -0.2) is 0 Å². The quantitative estimate of drug-likeness (QED) is 0.497. The molecule has 5 fully saturated rings. The van der Waals surface area contributed by atoms with Gasteiger partial charge >= 0.3 is 5.97 Å². The summed E-state index contributed by atoms with van der Waals surface area (Å²) in [6, 6.07) is 0. The Kier molecular flexibility index (Phi) is 4.77. The summed E-state index contributed by atoms with van der Waals surface area (Å²) < 4.78 is 81.5. The van der Waals surface area contributed by atoms with E-state index < -0.39 is 72.9 Å². The smallest absolute Gasteiger partial charge is 0.308 e. The van der Waals surface area contributed by atoms with Gasteiger partial charge in [-0.15, -0.1) is 0 Å². The van der Waals surface area contributed by atoms with Crippen LogP contribution in [0.1, 0.15) is 96.3 Å². The van der Waals surface area contributed by atoms with Gasteiger partial charge in [0.2, 0.25) is 5.78 Å². The number of rotatable bonds is 5. The highest BCUT2D eigenvalue weighted by molar-refractivity contribution is 6.01. The summed E-state index contributed by atoms with van der Waals surface area (Å²) in [6.45, 7) is -4.40. The Bertz CT molecular complexity index is 1390. The minimum Gasteiger partial charge on any atom is -0.457 e. The van der Waals surface area contributed by atoms with Crippen molar-refractivity contribution in [1.29, 1.82) is 0 Å². The molecule has 4 saturated carbocycles. The Morgan fingerprint density at radius 2 is 2.03 bits per heavy atom. The Labute approximate surface area is 242 Å². The van der Waals surface area contributed by atoms with Crippen LogP contribution in [0.15, 0.2) is 23.8 Å². The van der Waals surface area contributed by atoms with E-state index >= 15 is 0 Å². The number of carbonyl (C=O) groups is 3. The number of esters is 1. The van der Waals surface area contributed by atoms with Crippen molar-refractivity contribution in [2.24, 2.45) is 40.4 Å². The molecule has 1 heterocycles. The standard InChI is InChI=1S/C32H44O7/c1-18(2)28(36)37-17-25(35)32-26(38-29(39-32)19-8-6-5-7-9-19)15-23-22-11-10-20-14-21(33)12-13-30(20,3)27(22)24(34)16-31(23,32)4/h12-14,18-19,22-24,26-27,29,34H,5-11,15-17H2,1-4H3/t22-,23-,24-,26+,27+,29+,30-,31-,32+/m0/s1/i1D3,2D3,18D,29D. The van der Waals surface area contributed by atoms with Crippen molar-refractivity contribution >= 4 is 17.5 Å². The van der Waals surface area contributed by atoms with Gasteiger partial charge in [0.25, 0.3) is 0 Å². The lowest BCUT2D eigenvalue weighted by Crippen LogP contribution is -2.63. The fourth-order valence-electron chi connectivity index (χ4n) is 9.32. The van der Waals surface area contributed by atoms with Crippen molar-refractivity contribution in [2.45, 2.75) is 109 Å². The predicted molar refractivity (Wildman–Crippen MR) is 143 cm³/mol. The van der Waals surface area contributed by atoms with Gasteiger partial charge in [0.15, 0.2) is 24.3 Å². The number of carbonyl (C=O) groups excluding carboxylic acids is 3. The number of ether oxygens (including phenoxy) is 3. The number of allylic oxidation sites excluding steroid dienone is 4. The van der Waals surface area contributed by atoms with E-state index in [4.69, 9.17) is 23.8 Å². The van der Waals surface area contributed by atoms with E-state index in [9.17, 15) is 20.9 Å². The molecule has 39 heavy (non-hydrogen) atoms. The highest BCUT2D eigenvalue weighted by Gasteiger charge is 2.76. The molecule has 0 spiro atoms. The average Bonchev–Trinajstić information content (AvgIpc) is 3.42. The lowest BCUT2D eigenvalue weighted by atomic mass is 9.46. The molecule has 0 aromatic carbocycles. The predicted octanol–water partition coefficient (Wildman–Crippen LogP) is 4.70. The summed E-state index contributed by atoms with van der Waals surface area (Å²) in [5.74, 6) is -7.39. The van der Waals surface area contributed by atoms with E-state index in [0.717, 1.165) is 24.8 Å². The van der Waals surface area contributed by atoms with Crippen LogP contribution in [0.3, 0.4) is 0 Å². The minimum atomic E-state index is -3.64. The van der Waals surface area contributed by atoms with Crippen LogP contribution in [-0.4, -0.2) is 53.3 Å². The zero-order chi connectivity index (χ0) is 34.6. The Morgan fingerprint density at radius 1 is 1.26 bits per heavy atom. The Hall–Kier alpha value is -1.83. The molecule has 6 rings (SSSR count). The summed E-state index contributed by atoms with van der Waals surface area (Å²) in [5, 5.41) is 11.9. The van der Waals surface area contributed by atoms with E-state index in [2.05, 4.69) is 0 Å². The van der Waals surface area contributed by atoms with Crippen LogP contribution < -0.4 is 0 Å². The van der Waals surface area contributed by atoms with Crippen LogP contribution in [0.5, 0.6) is 0 Å². The van der Waals surface area contributed by atoms with Crippen LogP contribution in [0.4, 0.5) is 0 Å². The van der Waals surface area contributed by atoms with Gasteiger partial charge in [-0.3, -0.25) is 14.4 Å². The van der Waals surface area contributed by atoms with Gasteiger partial charge in [0, 0.05) is 32.3 Å². The monoisotopic (exact) mass is 548 g/mol. The molecule has 0 unspecified atom stereocenters. The SMILES string of the molecule is [2H]C([2H])([2H])C([2H])(C(=O)OCC(=O)[C@@]12O[C@]([2H])(C3CCCCC3)O[C@@H]1C[C@H]1[C@@H]3CCC4=CC(=O)C=C[C@]4(C)[C@H]3[C@@H](O)C[C@@]12C)C([2H])([2H])[2H]. The van der Waals surface area contributed by atoms with Crippen LogP contribution in [0, 0.1) is 40.4 Å². The van der Waals surface area contributed by atoms with Crippen molar-refractivity contribution in [1.82, 2.24) is 0 Å². The summed E-state index contributed by atoms with van der Waals surface area (Å²) >= 11 is 0. The summed E-state index contributed by atoms with van der Waals surface area (Å²) in [7, 11) is 0. The number of hydrogen-bond donors (Lipinski definition) is 1. The van der Waals surface area contributed by atoms with Crippen LogP contribution in [0.2, 0.25) is 0 Å². The summed E-state index contributed by atoms with van der Waals surface area (Å²) in [5.41, 5.74) is -2.60. The van der Waals surface area contributed by atoms with Gasteiger partial charge in [-0.2, -0.15) is 0 Å². The van der Waals surface area contributed by atoms with Crippen molar-refractivity contribution in [3.8, 4) is 0 Å². The molecule has 0 radical (unpaired) electrons. The normalized spacial score (nSPS) is 51.1. The number of ketones is 2. The number of aliphatic hydroxyl groups excluding tert-OH is 1. The molecule has 0 aromatic heterocycles. The fourth-order valence-corrected chi connectivity index (χ4v) is 9.32. The first-order chi connectivity index (χ1) is 21.7. The van der Waals surface area contributed by atoms with Gasteiger partial charge in [0.1, 0.15) is 0 Å². The third-order valence-corrected chi connectivity index (χ3v) is 11.1. The lowest BCUT2D eigenvalue weighted by Gasteiger charge is -2.59. The highest BCUT2D eigenvalue weighted by Crippen LogP contribution is 2.70. The molecule has 5 aliphatic carbocycles. The molecule has 0 amide bonds. The molecule has 7 heteroatoms. The van der Waals surface area contributed by atoms with Crippen molar-refractivity contribution in [3.63, 3.8) is 0 Å². The molecule has 0 aromatic rings. The molecular formula is C32H44O7. The van der Waals surface area contributed by atoms with Gasteiger partial charge < -0.3 is 19.3 Å².